The molecule has 5 heteroatoms. The highest BCUT2D eigenvalue weighted by atomic mass is 16.7. The molecule has 1 aromatic carbocycles. The van der Waals surface area contributed by atoms with Crippen LogP contribution in [0.25, 0.3) is 0 Å². The van der Waals surface area contributed by atoms with E-state index in [4.69, 9.17) is 18.9 Å². The largest absolute Gasteiger partial charge is 0.493 e. The van der Waals surface area contributed by atoms with E-state index in [-0.39, 0.29) is 6.79 Å². The van der Waals surface area contributed by atoms with Crippen LogP contribution in [0.3, 0.4) is 0 Å². The molecule has 0 N–H and O–H groups in total. The lowest BCUT2D eigenvalue weighted by Gasteiger charge is -2.08. The van der Waals surface area contributed by atoms with E-state index in [9.17, 15) is 4.79 Å². The van der Waals surface area contributed by atoms with Crippen LogP contribution in [-0.2, 0) is 4.79 Å². The number of benzene rings is 1. The number of fused-ring (bicyclic) bond motifs is 1. The van der Waals surface area contributed by atoms with Crippen LogP contribution in [0.2, 0.25) is 0 Å². The van der Waals surface area contributed by atoms with E-state index in [0.717, 1.165) is 0 Å². The highest BCUT2D eigenvalue weighted by Crippen LogP contribution is 2.41. The van der Waals surface area contributed by atoms with Crippen molar-refractivity contribution in [1.82, 2.24) is 0 Å². The maximum Gasteiger partial charge on any atom is 0.308 e. The first kappa shape index (κ1) is 9.64. The Morgan fingerprint density at radius 1 is 1.27 bits per heavy atom. The molecule has 0 aliphatic carbocycles. The van der Waals surface area contributed by atoms with E-state index < -0.39 is 5.97 Å². The Kier molecular flexibility index (Phi) is 2.37. The summed E-state index contributed by atoms with van der Waals surface area (Å²) in [6, 6.07) is 3.20. The lowest BCUT2D eigenvalue weighted by Crippen LogP contribution is -2.02. The molecule has 0 amide bonds. The molecule has 1 heterocycles. The van der Waals surface area contributed by atoms with Crippen LogP contribution in [0.4, 0.5) is 0 Å². The summed E-state index contributed by atoms with van der Waals surface area (Å²) < 4.78 is 20.3. The summed E-state index contributed by atoms with van der Waals surface area (Å²) in [6.45, 7) is 1.49. The predicted octanol–water partition coefficient (Wildman–Crippen LogP) is 1.35. The first-order valence-electron chi connectivity index (χ1n) is 4.37. The van der Waals surface area contributed by atoms with Crippen molar-refractivity contribution < 1.29 is 23.7 Å². The molecule has 5 nitrogen and oxygen atoms in total. The van der Waals surface area contributed by atoms with Gasteiger partial charge in [-0.2, -0.15) is 0 Å². The summed E-state index contributed by atoms with van der Waals surface area (Å²) in [5.41, 5.74) is 0. The Bertz CT molecular complexity index is 399. The van der Waals surface area contributed by atoms with Crippen LogP contribution < -0.4 is 18.9 Å². The van der Waals surface area contributed by atoms with Crippen molar-refractivity contribution in [3.8, 4) is 23.0 Å². The SMILES string of the molecule is COc1cc2c(cc1OC(C)=O)OCO2. The molecular weight excluding hydrogens is 200 g/mol. The van der Waals surface area contributed by atoms with Gasteiger partial charge in [0.25, 0.3) is 0 Å². The quantitative estimate of drug-likeness (QED) is 0.544. The minimum Gasteiger partial charge on any atom is -0.493 e. The minimum absolute atomic E-state index is 0.169. The molecule has 1 aliphatic heterocycles. The number of methoxy groups -OCH3 is 1. The van der Waals surface area contributed by atoms with Crippen LogP contribution in [0.5, 0.6) is 23.0 Å². The predicted molar refractivity (Wildman–Crippen MR) is 50.4 cm³/mol. The highest BCUT2D eigenvalue weighted by molar-refractivity contribution is 5.71. The van der Waals surface area contributed by atoms with Gasteiger partial charge in [-0.1, -0.05) is 0 Å². The number of carbonyl (C=O) groups excluding carboxylic acids is 1. The normalized spacial score (nSPS) is 12.4. The van der Waals surface area contributed by atoms with Gasteiger partial charge < -0.3 is 18.9 Å². The highest BCUT2D eigenvalue weighted by Gasteiger charge is 2.19. The number of hydrogen-bond acceptors (Lipinski definition) is 5. The molecule has 2 rings (SSSR count). The van der Waals surface area contributed by atoms with Gasteiger partial charge in [0.1, 0.15) is 0 Å². The Morgan fingerprint density at radius 2 is 1.87 bits per heavy atom. The van der Waals surface area contributed by atoms with E-state index in [1.807, 2.05) is 0 Å². The molecule has 0 spiro atoms. The minimum atomic E-state index is -0.410. The summed E-state index contributed by atoms with van der Waals surface area (Å²) in [5.74, 6) is 1.49. The van der Waals surface area contributed by atoms with Crippen LogP contribution in [0.15, 0.2) is 12.1 Å². The Hall–Kier alpha value is -1.91. The van der Waals surface area contributed by atoms with E-state index in [1.165, 1.54) is 14.0 Å². The lowest BCUT2D eigenvalue weighted by molar-refractivity contribution is -0.132. The zero-order chi connectivity index (χ0) is 10.8. The summed E-state index contributed by atoms with van der Waals surface area (Å²) >= 11 is 0. The maximum atomic E-state index is 10.8. The topological polar surface area (TPSA) is 54.0 Å². The third-order valence-electron chi connectivity index (χ3n) is 1.91. The zero-order valence-corrected chi connectivity index (χ0v) is 8.40. The molecule has 0 radical (unpaired) electrons. The van der Waals surface area contributed by atoms with Crippen molar-refractivity contribution in [2.45, 2.75) is 6.92 Å². The van der Waals surface area contributed by atoms with Crippen molar-refractivity contribution in [1.29, 1.82) is 0 Å². The second-order valence-electron chi connectivity index (χ2n) is 2.95. The monoisotopic (exact) mass is 210 g/mol. The first-order valence-corrected chi connectivity index (χ1v) is 4.37. The second-order valence-corrected chi connectivity index (χ2v) is 2.95. The van der Waals surface area contributed by atoms with Crippen LogP contribution in [0.1, 0.15) is 6.92 Å². The fourth-order valence-electron chi connectivity index (χ4n) is 1.30. The van der Waals surface area contributed by atoms with Gasteiger partial charge in [0.2, 0.25) is 6.79 Å². The fourth-order valence-corrected chi connectivity index (χ4v) is 1.30. The number of carbonyl (C=O) groups is 1. The molecule has 0 saturated carbocycles. The van der Waals surface area contributed by atoms with Crippen LogP contribution in [0, 0.1) is 0 Å². The lowest BCUT2D eigenvalue weighted by atomic mass is 10.3. The van der Waals surface area contributed by atoms with Gasteiger partial charge in [-0.3, -0.25) is 4.79 Å². The number of hydrogen-bond donors (Lipinski definition) is 0. The molecule has 15 heavy (non-hydrogen) atoms. The molecule has 0 bridgehead atoms. The van der Waals surface area contributed by atoms with Crippen LogP contribution in [-0.4, -0.2) is 19.9 Å². The van der Waals surface area contributed by atoms with Crippen molar-refractivity contribution in [2.75, 3.05) is 13.9 Å². The summed E-state index contributed by atoms with van der Waals surface area (Å²) in [7, 11) is 1.49. The number of ether oxygens (including phenoxy) is 4. The van der Waals surface area contributed by atoms with E-state index in [0.29, 0.717) is 23.0 Å². The van der Waals surface area contributed by atoms with Gasteiger partial charge in [-0.25, -0.2) is 0 Å². The Labute approximate surface area is 86.5 Å². The van der Waals surface area contributed by atoms with Crippen molar-refractivity contribution in [3.05, 3.63) is 12.1 Å². The van der Waals surface area contributed by atoms with Crippen molar-refractivity contribution in [2.24, 2.45) is 0 Å². The van der Waals surface area contributed by atoms with Gasteiger partial charge in [0, 0.05) is 19.1 Å². The third kappa shape index (κ3) is 1.81. The molecule has 1 aromatic rings. The molecule has 0 aromatic heterocycles. The first-order chi connectivity index (χ1) is 7.20. The summed E-state index contributed by atoms with van der Waals surface area (Å²) in [5, 5.41) is 0. The molecule has 1 aliphatic rings. The average Bonchev–Trinajstić information content (AvgIpc) is 2.62. The Morgan fingerprint density at radius 3 is 2.40 bits per heavy atom. The summed E-state index contributed by atoms with van der Waals surface area (Å²) in [4.78, 5) is 10.8. The van der Waals surface area contributed by atoms with Gasteiger partial charge in [-0.15, -0.1) is 0 Å². The van der Waals surface area contributed by atoms with Gasteiger partial charge in [0.15, 0.2) is 23.0 Å². The maximum absolute atomic E-state index is 10.8. The third-order valence-corrected chi connectivity index (χ3v) is 1.91. The molecule has 0 fully saturated rings. The molecule has 0 atom stereocenters. The van der Waals surface area contributed by atoms with Gasteiger partial charge >= 0.3 is 5.97 Å². The van der Waals surface area contributed by atoms with E-state index >= 15 is 0 Å². The molecule has 0 saturated heterocycles. The standard InChI is InChI=1S/C10H10O5/c1-6(11)15-10-4-9-8(13-5-14-9)3-7(10)12-2/h3-4H,5H2,1-2H3. The number of rotatable bonds is 2. The Balaban J connectivity index is 2.39. The number of esters is 1. The van der Waals surface area contributed by atoms with Crippen molar-refractivity contribution in [3.63, 3.8) is 0 Å². The average molecular weight is 210 g/mol. The van der Waals surface area contributed by atoms with E-state index in [2.05, 4.69) is 0 Å². The van der Waals surface area contributed by atoms with E-state index in [1.54, 1.807) is 12.1 Å². The van der Waals surface area contributed by atoms with Gasteiger partial charge in [0.05, 0.1) is 7.11 Å². The van der Waals surface area contributed by atoms with Crippen LogP contribution >= 0.6 is 0 Å². The summed E-state index contributed by atoms with van der Waals surface area (Å²) in [6.07, 6.45) is 0. The smallest absolute Gasteiger partial charge is 0.308 e. The zero-order valence-electron chi connectivity index (χ0n) is 8.40. The molecule has 0 unspecified atom stereocenters. The fraction of sp³-hybridized carbons (Fsp3) is 0.300. The molecule has 80 valence electrons. The second kappa shape index (κ2) is 3.68. The molecular formula is C10H10O5. The van der Waals surface area contributed by atoms with Crippen molar-refractivity contribution >= 4 is 5.97 Å². The van der Waals surface area contributed by atoms with Gasteiger partial charge in [-0.05, 0) is 0 Å².